The summed E-state index contributed by atoms with van der Waals surface area (Å²) in [7, 11) is 0. The van der Waals surface area contributed by atoms with Crippen LogP contribution in [0, 0.1) is 6.92 Å². The smallest absolute Gasteiger partial charge is 0.260 e. The van der Waals surface area contributed by atoms with Crippen molar-refractivity contribution in [3.8, 4) is 0 Å². The Bertz CT molecular complexity index is 317. The van der Waals surface area contributed by atoms with Gasteiger partial charge in [0.25, 0.3) is 6.43 Å². The quantitative estimate of drug-likeness (QED) is 0.744. The maximum Gasteiger partial charge on any atom is 0.265 e. The second-order valence-electron chi connectivity index (χ2n) is 2.52. The van der Waals surface area contributed by atoms with Crippen LogP contribution in [0.2, 0.25) is 0 Å². The summed E-state index contributed by atoms with van der Waals surface area (Å²) in [6.45, 7) is 1.66. The summed E-state index contributed by atoms with van der Waals surface area (Å²) < 4.78 is 25.4. The van der Waals surface area contributed by atoms with E-state index in [0.717, 1.165) is 0 Å². The summed E-state index contributed by atoms with van der Waals surface area (Å²) in [4.78, 5) is 3.93. The molecule has 0 aromatic carbocycles. The van der Waals surface area contributed by atoms with E-state index in [-0.39, 0.29) is 11.4 Å². The summed E-state index contributed by atoms with van der Waals surface area (Å²) in [5.74, 6) is 0.0535. The predicted molar refractivity (Wildman–Crippen MR) is 51.2 cm³/mol. The lowest BCUT2D eigenvalue weighted by Crippen LogP contribution is -1.99. The number of rotatable bonds is 2. The second-order valence-corrected chi connectivity index (χ2v) is 3.64. The van der Waals surface area contributed by atoms with Crippen LogP contribution in [0.5, 0.6) is 0 Å². The van der Waals surface area contributed by atoms with E-state index in [1.807, 2.05) is 0 Å². The van der Waals surface area contributed by atoms with E-state index in [0.29, 0.717) is 15.7 Å². The first-order chi connectivity index (χ1) is 6.07. The molecule has 1 heterocycles. The first-order valence-corrected chi connectivity index (χ1v) is 4.88. The molecule has 0 spiro atoms. The van der Waals surface area contributed by atoms with Crippen molar-refractivity contribution >= 4 is 27.5 Å². The summed E-state index contributed by atoms with van der Waals surface area (Å²) in [6, 6.07) is 0. The number of halogens is 4. The van der Waals surface area contributed by atoms with Crippen LogP contribution in [0.3, 0.4) is 0 Å². The van der Waals surface area contributed by atoms with E-state index >= 15 is 0 Å². The van der Waals surface area contributed by atoms with Crippen LogP contribution in [-0.4, -0.2) is 4.98 Å². The van der Waals surface area contributed by atoms with Gasteiger partial charge < -0.3 is 0 Å². The van der Waals surface area contributed by atoms with Gasteiger partial charge in [0, 0.05) is 27.8 Å². The van der Waals surface area contributed by atoms with Crippen molar-refractivity contribution in [3.63, 3.8) is 0 Å². The fraction of sp³-hybridized carbons (Fsp3) is 0.375. The number of aryl methyl sites for hydroxylation is 1. The van der Waals surface area contributed by atoms with Crippen molar-refractivity contribution in [1.82, 2.24) is 4.98 Å². The number of aromatic nitrogens is 1. The molecular weight excluding hydrogens is 263 g/mol. The normalized spacial score (nSPS) is 10.9. The first kappa shape index (κ1) is 10.9. The molecular formula is C8H7BrClF2N. The molecule has 0 aliphatic carbocycles. The molecule has 5 heteroatoms. The molecule has 1 nitrogen and oxygen atoms in total. The lowest BCUT2D eigenvalue weighted by Gasteiger charge is -2.10. The highest BCUT2D eigenvalue weighted by Crippen LogP contribution is 2.32. The fourth-order valence-corrected chi connectivity index (χ4v) is 1.90. The van der Waals surface area contributed by atoms with E-state index in [1.165, 1.54) is 6.20 Å². The highest BCUT2D eigenvalue weighted by Gasteiger charge is 2.18. The lowest BCUT2D eigenvalue weighted by molar-refractivity contribution is 0.149. The Morgan fingerprint density at radius 3 is 2.62 bits per heavy atom. The average Bonchev–Trinajstić information content (AvgIpc) is 2.07. The average molecular weight is 271 g/mol. The van der Waals surface area contributed by atoms with Crippen molar-refractivity contribution in [2.75, 3.05) is 0 Å². The Kier molecular flexibility index (Phi) is 3.62. The van der Waals surface area contributed by atoms with E-state index in [9.17, 15) is 8.78 Å². The van der Waals surface area contributed by atoms with Gasteiger partial charge in [0.1, 0.15) is 0 Å². The molecule has 0 saturated carbocycles. The number of alkyl halides is 3. The van der Waals surface area contributed by atoms with E-state index in [4.69, 9.17) is 11.6 Å². The molecule has 0 radical (unpaired) electrons. The van der Waals surface area contributed by atoms with Crippen LogP contribution < -0.4 is 0 Å². The third kappa shape index (κ3) is 2.17. The van der Waals surface area contributed by atoms with Crippen LogP contribution in [-0.2, 0) is 5.88 Å². The van der Waals surface area contributed by atoms with E-state index in [1.54, 1.807) is 6.92 Å². The standard InChI is InChI=1S/C8H7BrClF2N/c1-4-5(2-10)7(8(11)12)6(9)3-13-4/h3,8H,2H2,1H3. The van der Waals surface area contributed by atoms with Crippen molar-refractivity contribution in [2.45, 2.75) is 19.2 Å². The summed E-state index contributed by atoms with van der Waals surface area (Å²) in [5, 5.41) is 0. The molecule has 0 unspecified atom stereocenters. The predicted octanol–water partition coefficient (Wildman–Crippen LogP) is 3.83. The zero-order valence-corrected chi connectivity index (χ0v) is 9.16. The number of pyridine rings is 1. The van der Waals surface area contributed by atoms with Crippen molar-refractivity contribution in [3.05, 3.63) is 27.5 Å². The molecule has 0 aliphatic heterocycles. The largest absolute Gasteiger partial charge is 0.265 e. The third-order valence-corrected chi connectivity index (χ3v) is 2.64. The van der Waals surface area contributed by atoms with Gasteiger partial charge >= 0.3 is 0 Å². The van der Waals surface area contributed by atoms with Crippen molar-refractivity contribution < 1.29 is 8.78 Å². The molecule has 0 aliphatic rings. The molecule has 13 heavy (non-hydrogen) atoms. The van der Waals surface area contributed by atoms with E-state index < -0.39 is 6.43 Å². The molecule has 0 bridgehead atoms. The molecule has 0 N–H and O–H groups in total. The number of hydrogen-bond acceptors (Lipinski definition) is 1. The Labute approximate surface area is 88.2 Å². The third-order valence-electron chi connectivity index (χ3n) is 1.74. The Hall–Kier alpha value is -0.220. The minimum Gasteiger partial charge on any atom is -0.260 e. The van der Waals surface area contributed by atoms with Crippen molar-refractivity contribution in [1.29, 1.82) is 0 Å². The lowest BCUT2D eigenvalue weighted by atomic mass is 10.1. The topological polar surface area (TPSA) is 12.9 Å². The van der Waals surface area contributed by atoms with Gasteiger partial charge in [0.05, 0.1) is 0 Å². The molecule has 0 fully saturated rings. The number of hydrogen-bond donors (Lipinski definition) is 0. The summed E-state index contributed by atoms with van der Waals surface area (Å²) in [6.07, 6.45) is -1.16. The minimum absolute atomic E-state index is 0.0532. The molecule has 1 rings (SSSR count). The van der Waals surface area contributed by atoms with Gasteiger partial charge in [-0.2, -0.15) is 0 Å². The van der Waals surface area contributed by atoms with Gasteiger partial charge in [-0.05, 0) is 28.4 Å². The van der Waals surface area contributed by atoms with Crippen molar-refractivity contribution in [2.24, 2.45) is 0 Å². The maximum absolute atomic E-state index is 12.5. The van der Waals surface area contributed by atoms with Crippen LogP contribution in [0.15, 0.2) is 10.7 Å². The SMILES string of the molecule is Cc1ncc(Br)c(C(F)F)c1CCl. The van der Waals surface area contributed by atoms with Crippen LogP contribution >= 0.6 is 27.5 Å². The Morgan fingerprint density at radius 2 is 2.23 bits per heavy atom. The van der Waals surface area contributed by atoms with Gasteiger partial charge in [0.2, 0.25) is 0 Å². The Balaban J connectivity index is 3.35. The van der Waals surface area contributed by atoms with Gasteiger partial charge in [0.15, 0.2) is 0 Å². The molecule has 72 valence electrons. The maximum atomic E-state index is 12.5. The molecule has 0 atom stereocenters. The zero-order chi connectivity index (χ0) is 10.0. The van der Waals surface area contributed by atoms with Gasteiger partial charge in [-0.25, -0.2) is 8.78 Å². The van der Waals surface area contributed by atoms with Gasteiger partial charge in [-0.15, -0.1) is 11.6 Å². The second kappa shape index (κ2) is 4.33. The monoisotopic (exact) mass is 269 g/mol. The van der Waals surface area contributed by atoms with Gasteiger partial charge in [-0.3, -0.25) is 4.98 Å². The molecule has 1 aromatic rings. The van der Waals surface area contributed by atoms with Crippen LogP contribution in [0.25, 0.3) is 0 Å². The summed E-state index contributed by atoms with van der Waals surface area (Å²) >= 11 is 8.58. The van der Waals surface area contributed by atoms with Crippen LogP contribution in [0.1, 0.15) is 23.2 Å². The zero-order valence-electron chi connectivity index (χ0n) is 6.82. The molecule has 0 amide bonds. The highest BCUT2D eigenvalue weighted by molar-refractivity contribution is 9.10. The minimum atomic E-state index is -2.52. The molecule has 1 aromatic heterocycles. The summed E-state index contributed by atoms with van der Waals surface area (Å²) in [5.41, 5.74) is 0.905. The Morgan fingerprint density at radius 1 is 1.62 bits per heavy atom. The highest BCUT2D eigenvalue weighted by atomic mass is 79.9. The van der Waals surface area contributed by atoms with Gasteiger partial charge in [-0.1, -0.05) is 0 Å². The van der Waals surface area contributed by atoms with Crippen LogP contribution in [0.4, 0.5) is 8.78 Å². The number of nitrogens with zero attached hydrogens (tertiary/aromatic N) is 1. The van der Waals surface area contributed by atoms with E-state index in [2.05, 4.69) is 20.9 Å². The molecule has 0 saturated heterocycles. The fourth-order valence-electron chi connectivity index (χ4n) is 1.04. The first-order valence-electron chi connectivity index (χ1n) is 3.56.